The van der Waals surface area contributed by atoms with E-state index in [4.69, 9.17) is 0 Å². The predicted octanol–water partition coefficient (Wildman–Crippen LogP) is 2.46. The van der Waals surface area contributed by atoms with Gasteiger partial charge in [-0.2, -0.15) is 5.10 Å². The quantitative estimate of drug-likeness (QED) is 0.586. The number of hydrogen-bond donors (Lipinski definition) is 0. The van der Waals surface area contributed by atoms with Gasteiger partial charge in [0.05, 0.1) is 6.20 Å². The van der Waals surface area contributed by atoms with Gasteiger partial charge in [-0.15, -0.1) is 0 Å². The number of rotatable bonds is 7. The number of hydrogen-bond acceptors (Lipinski definition) is 5. The summed E-state index contributed by atoms with van der Waals surface area (Å²) in [6.45, 7) is 2.07. The lowest BCUT2D eigenvalue weighted by Gasteiger charge is -2.32. The fourth-order valence-corrected chi connectivity index (χ4v) is 4.10. The molecule has 3 aromatic rings. The zero-order valence-electron chi connectivity index (χ0n) is 17.9. The molecule has 1 aliphatic rings. The fourth-order valence-electron chi connectivity index (χ4n) is 4.10. The SMILES string of the molecule is CN(CCc1ccccn1)C(=O)CC[C@H]1CCCN(C(=O)c2cnn3cccnc23)C1. The lowest BCUT2D eigenvalue weighted by Crippen LogP contribution is -2.40. The summed E-state index contributed by atoms with van der Waals surface area (Å²) in [5.41, 5.74) is 2.11. The fraction of sp³-hybridized carbons (Fsp3) is 0.435. The molecular formula is C23H28N6O2. The van der Waals surface area contributed by atoms with Gasteiger partial charge in [-0.3, -0.25) is 14.6 Å². The second-order valence-electron chi connectivity index (χ2n) is 8.13. The first kappa shape index (κ1) is 21.0. The molecule has 1 atom stereocenters. The van der Waals surface area contributed by atoms with Crippen LogP contribution < -0.4 is 0 Å². The number of piperidine rings is 1. The third-order valence-corrected chi connectivity index (χ3v) is 5.94. The summed E-state index contributed by atoms with van der Waals surface area (Å²) < 4.78 is 1.62. The predicted molar refractivity (Wildman–Crippen MR) is 116 cm³/mol. The van der Waals surface area contributed by atoms with Crippen LogP contribution >= 0.6 is 0 Å². The smallest absolute Gasteiger partial charge is 0.259 e. The number of amides is 2. The first-order valence-corrected chi connectivity index (χ1v) is 10.8. The van der Waals surface area contributed by atoms with Crippen LogP contribution in [0.5, 0.6) is 0 Å². The molecule has 0 saturated carbocycles. The van der Waals surface area contributed by atoms with Crippen LogP contribution in [0.1, 0.15) is 41.7 Å². The first-order chi connectivity index (χ1) is 15.1. The van der Waals surface area contributed by atoms with Gasteiger partial charge in [0, 0.05) is 63.8 Å². The average Bonchev–Trinajstić information content (AvgIpc) is 3.25. The molecule has 0 radical (unpaired) electrons. The van der Waals surface area contributed by atoms with Gasteiger partial charge >= 0.3 is 0 Å². The summed E-state index contributed by atoms with van der Waals surface area (Å²) in [7, 11) is 1.85. The summed E-state index contributed by atoms with van der Waals surface area (Å²) in [5, 5.41) is 4.22. The maximum Gasteiger partial charge on any atom is 0.259 e. The van der Waals surface area contributed by atoms with Crippen molar-refractivity contribution in [2.24, 2.45) is 5.92 Å². The molecule has 1 fully saturated rings. The van der Waals surface area contributed by atoms with Crippen molar-refractivity contribution in [2.75, 3.05) is 26.7 Å². The molecular weight excluding hydrogens is 392 g/mol. The molecule has 162 valence electrons. The van der Waals surface area contributed by atoms with Crippen molar-refractivity contribution in [3.05, 3.63) is 60.3 Å². The Morgan fingerprint density at radius 1 is 1.19 bits per heavy atom. The number of likely N-dealkylation sites (N-methyl/N-ethyl adjacent to an activating group) is 1. The van der Waals surface area contributed by atoms with Crippen LogP contribution in [0, 0.1) is 5.92 Å². The van der Waals surface area contributed by atoms with Crippen molar-refractivity contribution < 1.29 is 9.59 Å². The minimum atomic E-state index is -0.0304. The van der Waals surface area contributed by atoms with Crippen molar-refractivity contribution in [2.45, 2.75) is 32.1 Å². The molecule has 4 heterocycles. The van der Waals surface area contributed by atoms with Gasteiger partial charge in [-0.1, -0.05) is 6.07 Å². The Kier molecular flexibility index (Phi) is 6.54. The molecule has 0 unspecified atom stereocenters. The molecule has 2 amide bonds. The van der Waals surface area contributed by atoms with Crippen LogP contribution in [0.2, 0.25) is 0 Å². The largest absolute Gasteiger partial charge is 0.345 e. The molecule has 1 saturated heterocycles. The van der Waals surface area contributed by atoms with E-state index in [0.29, 0.717) is 36.6 Å². The van der Waals surface area contributed by atoms with E-state index in [-0.39, 0.29) is 11.8 Å². The van der Waals surface area contributed by atoms with Gasteiger partial charge in [0.15, 0.2) is 5.65 Å². The average molecular weight is 421 g/mol. The minimum Gasteiger partial charge on any atom is -0.345 e. The summed E-state index contributed by atoms with van der Waals surface area (Å²) in [6.07, 6.45) is 10.9. The van der Waals surface area contributed by atoms with Gasteiger partial charge in [-0.05, 0) is 43.4 Å². The number of pyridine rings is 1. The van der Waals surface area contributed by atoms with Crippen LogP contribution in [-0.2, 0) is 11.2 Å². The van der Waals surface area contributed by atoms with E-state index in [1.54, 1.807) is 40.3 Å². The second-order valence-corrected chi connectivity index (χ2v) is 8.13. The van der Waals surface area contributed by atoms with E-state index in [9.17, 15) is 9.59 Å². The highest BCUT2D eigenvalue weighted by molar-refractivity contribution is 5.99. The van der Waals surface area contributed by atoms with Gasteiger partial charge in [0.1, 0.15) is 5.56 Å². The minimum absolute atomic E-state index is 0.0304. The van der Waals surface area contributed by atoms with E-state index in [1.807, 2.05) is 30.1 Å². The molecule has 0 N–H and O–H groups in total. The van der Waals surface area contributed by atoms with E-state index in [0.717, 1.165) is 37.9 Å². The Morgan fingerprint density at radius 2 is 2.06 bits per heavy atom. The van der Waals surface area contributed by atoms with Gasteiger partial charge in [0.25, 0.3) is 5.91 Å². The van der Waals surface area contributed by atoms with Crippen LogP contribution in [0.15, 0.2) is 49.1 Å². The summed E-state index contributed by atoms with van der Waals surface area (Å²) in [6, 6.07) is 7.62. The number of nitrogens with zero attached hydrogens (tertiary/aromatic N) is 6. The normalized spacial score (nSPS) is 16.4. The molecule has 31 heavy (non-hydrogen) atoms. The Hall–Kier alpha value is -3.29. The maximum atomic E-state index is 13.0. The molecule has 8 nitrogen and oxygen atoms in total. The molecule has 0 bridgehead atoms. The number of likely N-dealkylation sites (tertiary alicyclic amines) is 1. The summed E-state index contributed by atoms with van der Waals surface area (Å²) in [5.74, 6) is 0.448. The zero-order valence-corrected chi connectivity index (χ0v) is 17.9. The van der Waals surface area contributed by atoms with E-state index in [2.05, 4.69) is 15.1 Å². The Labute approximate surface area is 181 Å². The standard InChI is InChI=1S/C23H28N6O2/c1-27(15-10-19-7-2-3-11-24-19)21(30)9-8-18-6-4-13-28(17-18)23(31)20-16-26-29-14-5-12-25-22(20)29/h2-3,5,7,11-12,14,16,18H,4,6,8-10,13,15,17H2,1H3/t18-/m1/s1. The van der Waals surface area contributed by atoms with Crippen molar-refractivity contribution in [3.63, 3.8) is 0 Å². The molecule has 0 aliphatic carbocycles. The summed E-state index contributed by atoms with van der Waals surface area (Å²) in [4.78, 5) is 37.9. The van der Waals surface area contributed by atoms with Gasteiger partial charge < -0.3 is 9.80 Å². The Morgan fingerprint density at radius 3 is 2.90 bits per heavy atom. The third-order valence-electron chi connectivity index (χ3n) is 5.94. The number of carbonyl (C=O) groups is 2. The molecule has 0 aromatic carbocycles. The zero-order chi connectivity index (χ0) is 21.6. The van der Waals surface area contributed by atoms with Crippen LogP contribution in [0.4, 0.5) is 0 Å². The van der Waals surface area contributed by atoms with E-state index < -0.39 is 0 Å². The highest BCUT2D eigenvalue weighted by atomic mass is 16.2. The number of carbonyl (C=O) groups excluding carboxylic acids is 2. The van der Waals surface area contributed by atoms with Crippen LogP contribution in [-0.4, -0.2) is 67.9 Å². The molecule has 3 aromatic heterocycles. The van der Waals surface area contributed by atoms with Crippen molar-refractivity contribution in [1.29, 1.82) is 0 Å². The third kappa shape index (κ3) is 5.07. The van der Waals surface area contributed by atoms with Crippen molar-refractivity contribution in [3.8, 4) is 0 Å². The first-order valence-electron chi connectivity index (χ1n) is 10.8. The summed E-state index contributed by atoms with van der Waals surface area (Å²) >= 11 is 0. The Bertz CT molecular complexity index is 1030. The molecule has 8 heteroatoms. The highest BCUT2D eigenvalue weighted by Crippen LogP contribution is 2.23. The lowest BCUT2D eigenvalue weighted by atomic mass is 9.93. The molecule has 1 aliphatic heterocycles. The van der Waals surface area contributed by atoms with Crippen molar-refractivity contribution in [1.82, 2.24) is 29.4 Å². The highest BCUT2D eigenvalue weighted by Gasteiger charge is 2.27. The maximum absolute atomic E-state index is 13.0. The lowest BCUT2D eigenvalue weighted by molar-refractivity contribution is -0.130. The second kappa shape index (κ2) is 9.68. The van der Waals surface area contributed by atoms with E-state index in [1.165, 1.54) is 0 Å². The van der Waals surface area contributed by atoms with Gasteiger partial charge in [0.2, 0.25) is 5.91 Å². The van der Waals surface area contributed by atoms with Crippen LogP contribution in [0.3, 0.4) is 0 Å². The Balaban J connectivity index is 1.27. The van der Waals surface area contributed by atoms with Crippen molar-refractivity contribution >= 4 is 17.5 Å². The topological polar surface area (TPSA) is 83.7 Å². The number of aromatic nitrogens is 4. The van der Waals surface area contributed by atoms with Crippen LogP contribution in [0.25, 0.3) is 5.65 Å². The van der Waals surface area contributed by atoms with Gasteiger partial charge in [-0.25, -0.2) is 9.50 Å². The monoisotopic (exact) mass is 420 g/mol. The molecule has 0 spiro atoms. The number of fused-ring (bicyclic) bond motifs is 1. The molecule has 4 rings (SSSR count). The van der Waals surface area contributed by atoms with E-state index >= 15 is 0 Å².